The van der Waals surface area contributed by atoms with Gasteiger partial charge in [-0.1, -0.05) is 12.1 Å². The van der Waals surface area contributed by atoms with Crippen molar-refractivity contribution in [3.05, 3.63) is 88.4 Å². The first-order valence-corrected chi connectivity index (χ1v) is 8.19. The second-order valence-corrected chi connectivity index (χ2v) is 5.88. The van der Waals surface area contributed by atoms with Crippen LogP contribution >= 0.6 is 0 Å². The normalized spacial score (nSPS) is 11.4. The predicted molar refractivity (Wildman–Crippen MR) is 99.5 cm³/mol. The number of furan rings is 1. The van der Waals surface area contributed by atoms with Crippen LogP contribution in [0.3, 0.4) is 0 Å². The molecule has 0 amide bonds. The second kappa shape index (κ2) is 6.76. The van der Waals surface area contributed by atoms with Gasteiger partial charge in [-0.05, 0) is 43.3 Å². The lowest BCUT2D eigenvalue weighted by molar-refractivity contribution is 0.557. The van der Waals surface area contributed by atoms with E-state index in [-0.39, 0.29) is 5.56 Å². The highest BCUT2D eigenvalue weighted by molar-refractivity contribution is 5.79. The molecule has 0 radical (unpaired) electrons. The Labute approximate surface area is 149 Å². The highest BCUT2D eigenvalue weighted by Gasteiger charge is 2.10. The molecule has 0 saturated heterocycles. The molecule has 4 rings (SSSR count). The van der Waals surface area contributed by atoms with E-state index in [1.165, 1.54) is 0 Å². The molecule has 0 saturated carbocycles. The average Bonchev–Trinajstić information content (AvgIpc) is 3.18. The lowest BCUT2D eigenvalue weighted by Gasteiger charge is -2.11. The number of para-hydroxylation sites is 1. The summed E-state index contributed by atoms with van der Waals surface area (Å²) < 4.78 is 6.92. The third-order valence-corrected chi connectivity index (χ3v) is 3.99. The summed E-state index contributed by atoms with van der Waals surface area (Å²) in [6.45, 7) is 2.17. The fourth-order valence-corrected chi connectivity index (χ4v) is 2.67. The van der Waals surface area contributed by atoms with Gasteiger partial charge in [0.15, 0.2) is 0 Å². The van der Waals surface area contributed by atoms with Gasteiger partial charge in [0.25, 0.3) is 5.56 Å². The van der Waals surface area contributed by atoms with Crippen LogP contribution in [0.4, 0.5) is 0 Å². The van der Waals surface area contributed by atoms with Crippen LogP contribution in [-0.4, -0.2) is 19.5 Å². The highest BCUT2D eigenvalue weighted by Crippen LogP contribution is 2.12. The first-order chi connectivity index (χ1) is 12.7. The SMILES string of the molecule is Cc1cnc(Cn2c(/C=C/c3ccco3)nc3ccccc3c2=O)cn1. The zero-order chi connectivity index (χ0) is 17.9. The Hall–Kier alpha value is -3.54. The molecular formula is C20H16N4O2. The standard InChI is InChI=1S/C20H16N4O2/c1-14-11-22-15(12-21-14)13-24-19(9-8-16-5-4-10-26-16)23-18-7-3-2-6-17(18)20(24)25/h2-12H,13H2,1H3/b9-8+. The van der Waals surface area contributed by atoms with Gasteiger partial charge in [-0.25, -0.2) is 4.98 Å². The molecule has 0 aliphatic rings. The topological polar surface area (TPSA) is 73.8 Å². The third-order valence-electron chi connectivity index (χ3n) is 3.99. The van der Waals surface area contributed by atoms with E-state index in [1.807, 2.05) is 37.3 Å². The lowest BCUT2D eigenvalue weighted by atomic mass is 10.2. The predicted octanol–water partition coefficient (Wildman–Crippen LogP) is 3.31. The molecule has 3 aromatic heterocycles. The maximum Gasteiger partial charge on any atom is 0.261 e. The molecule has 0 bridgehead atoms. The number of aromatic nitrogens is 4. The average molecular weight is 344 g/mol. The maximum absolute atomic E-state index is 13.0. The number of hydrogen-bond acceptors (Lipinski definition) is 5. The molecule has 0 aliphatic carbocycles. The summed E-state index contributed by atoms with van der Waals surface area (Å²) >= 11 is 0. The first kappa shape index (κ1) is 16.0. The molecule has 6 heteroatoms. The highest BCUT2D eigenvalue weighted by atomic mass is 16.3. The van der Waals surface area contributed by atoms with Crippen molar-refractivity contribution in [2.24, 2.45) is 0 Å². The van der Waals surface area contributed by atoms with Gasteiger partial charge in [0, 0.05) is 6.20 Å². The number of nitrogens with zero attached hydrogens (tertiary/aromatic N) is 4. The van der Waals surface area contributed by atoms with Crippen LogP contribution in [-0.2, 0) is 6.54 Å². The van der Waals surface area contributed by atoms with Crippen molar-refractivity contribution in [1.82, 2.24) is 19.5 Å². The van der Waals surface area contributed by atoms with Crippen LogP contribution in [0.5, 0.6) is 0 Å². The first-order valence-electron chi connectivity index (χ1n) is 8.19. The smallest absolute Gasteiger partial charge is 0.261 e. The largest absolute Gasteiger partial charge is 0.465 e. The zero-order valence-electron chi connectivity index (χ0n) is 14.2. The van der Waals surface area contributed by atoms with Crippen molar-refractivity contribution < 1.29 is 4.42 Å². The molecule has 0 atom stereocenters. The van der Waals surface area contributed by atoms with E-state index in [4.69, 9.17) is 4.42 Å². The van der Waals surface area contributed by atoms with Crippen molar-refractivity contribution in [3.63, 3.8) is 0 Å². The van der Waals surface area contributed by atoms with Gasteiger partial charge in [-0.3, -0.25) is 19.3 Å². The van der Waals surface area contributed by atoms with E-state index < -0.39 is 0 Å². The molecule has 26 heavy (non-hydrogen) atoms. The van der Waals surface area contributed by atoms with Crippen LogP contribution in [0.25, 0.3) is 23.1 Å². The van der Waals surface area contributed by atoms with E-state index in [9.17, 15) is 4.79 Å². The number of rotatable bonds is 4. The molecule has 3 heterocycles. The Morgan fingerprint density at radius 3 is 2.73 bits per heavy atom. The van der Waals surface area contributed by atoms with Gasteiger partial charge in [0.05, 0.1) is 41.3 Å². The molecule has 1 aromatic carbocycles. The molecule has 6 nitrogen and oxygen atoms in total. The Kier molecular flexibility index (Phi) is 4.15. The number of aryl methyl sites for hydroxylation is 1. The summed E-state index contributed by atoms with van der Waals surface area (Å²) in [4.78, 5) is 26.2. The van der Waals surface area contributed by atoms with Crippen LogP contribution in [0, 0.1) is 6.92 Å². The summed E-state index contributed by atoms with van der Waals surface area (Å²) in [5, 5.41) is 0.572. The van der Waals surface area contributed by atoms with E-state index in [2.05, 4.69) is 15.0 Å². The fourth-order valence-electron chi connectivity index (χ4n) is 2.67. The van der Waals surface area contributed by atoms with E-state index >= 15 is 0 Å². The molecule has 0 fully saturated rings. The summed E-state index contributed by atoms with van der Waals surface area (Å²) in [5.41, 5.74) is 2.07. The molecule has 4 aromatic rings. The summed E-state index contributed by atoms with van der Waals surface area (Å²) in [6, 6.07) is 11.0. The summed E-state index contributed by atoms with van der Waals surface area (Å²) in [7, 11) is 0. The molecular weight excluding hydrogens is 328 g/mol. The monoisotopic (exact) mass is 344 g/mol. The van der Waals surface area contributed by atoms with Gasteiger partial charge in [0.1, 0.15) is 11.6 Å². The van der Waals surface area contributed by atoms with E-state index in [1.54, 1.807) is 41.4 Å². The van der Waals surface area contributed by atoms with Gasteiger partial charge in [-0.2, -0.15) is 0 Å². The fraction of sp³-hybridized carbons (Fsp3) is 0.100. The van der Waals surface area contributed by atoms with E-state index in [0.717, 1.165) is 5.69 Å². The Balaban J connectivity index is 1.84. The van der Waals surface area contributed by atoms with Crippen LogP contribution in [0.1, 0.15) is 23.0 Å². The minimum atomic E-state index is -0.114. The Morgan fingerprint density at radius 2 is 1.96 bits per heavy atom. The van der Waals surface area contributed by atoms with Crippen LogP contribution in [0.15, 0.2) is 64.3 Å². The zero-order valence-corrected chi connectivity index (χ0v) is 14.2. The molecule has 0 aliphatic heterocycles. The summed E-state index contributed by atoms with van der Waals surface area (Å²) in [5.74, 6) is 1.22. The number of hydrogen-bond donors (Lipinski definition) is 0. The van der Waals surface area contributed by atoms with Crippen molar-refractivity contribution in [2.75, 3.05) is 0 Å². The minimum absolute atomic E-state index is 0.114. The van der Waals surface area contributed by atoms with Gasteiger partial charge in [0.2, 0.25) is 0 Å². The van der Waals surface area contributed by atoms with Crippen LogP contribution < -0.4 is 5.56 Å². The molecule has 0 N–H and O–H groups in total. The summed E-state index contributed by atoms with van der Waals surface area (Å²) in [6.07, 6.45) is 8.52. The Bertz CT molecular complexity index is 1130. The van der Waals surface area contributed by atoms with Crippen molar-refractivity contribution in [2.45, 2.75) is 13.5 Å². The van der Waals surface area contributed by atoms with E-state index in [0.29, 0.717) is 34.7 Å². The Morgan fingerprint density at radius 1 is 1.08 bits per heavy atom. The minimum Gasteiger partial charge on any atom is -0.465 e. The van der Waals surface area contributed by atoms with Gasteiger partial charge in [-0.15, -0.1) is 0 Å². The van der Waals surface area contributed by atoms with Crippen molar-refractivity contribution in [3.8, 4) is 0 Å². The van der Waals surface area contributed by atoms with Crippen molar-refractivity contribution >= 4 is 23.1 Å². The lowest BCUT2D eigenvalue weighted by Crippen LogP contribution is -2.25. The number of benzene rings is 1. The third kappa shape index (κ3) is 3.17. The maximum atomic E-state index is 13.0. The second-order valence-electron chi connectivity index (χ2n) is 5.88. The van der Waals surface area contributed by atoms with Gasteiger partial charge < -0.3 is 4.42 Å². The molecule has 128 valence electrons. The van der Waals surface area contributed by atoms with Crippen LogP contribution in [0.2, 0.25) is 0 Å². The van der Waals surface area contributed by atoms with Crippen molar-refractivity contribution in [1.29, 1.82) is 0 Å². The quantitative estimate of drug-likeness (QED) is 0.568. The number of fused-ring (bicyclic) bond motifs is 1. The van der Waals surface area contributed by atoms with Gasteiger partial charge >= 0.3 is 0 Å². The molecule has 0 spiro atoms. The molecule has 0 unspecified atom stereocenters.